The first kappa shape index (κ1) is 6.59. The molecule has 1 aliphatic rings. The molecular formula is C7H11I. The maximum atomic E-state index is 2.50. The Kier molecular flexibility index (Phi) is 2.35. The van der Waals surface area contributed by atoms with Crippen molar-refractivity contribution >= 4 is 22.6 Å². The van der Waals surface area contributed by atoms with Gasteiger partial charge in [-0.1, -0.05) is 41.7 Å². The van der Waals surface area contributed by atoms with Crippen LogP contribution in [0.4, 0.5) is 0 Å². The predicted molar refractivity (Wildman–Crippen MR) is 45.3 cm³/mol. The summed E-state index contributed by atoms with van der Waals surface area (Å²) in [6.07, 6.45) is 7.27. The van der Waals surface area contributed by atoms with Crippen molar-refractivity contribution in [3.63, 3.8) is 0 Å². The van der Waals surface area contributed by atoms with Gasteiger partial charge < -0.3 is 0 Å². The molecule has 1 aliphatic carbocycles. The quantitative estimate of drug-likeness (QED) is 0.336. The molecule has 0 fully saturated rings. The molecule has 0 amide bonds. The lowest BCUT2D eigenvalue weighted by atomic mass is 9.97. The summed E-state index contributed by atoms with van der Waals surface area (Å²) < 4.78 is 0.793. The third-order valence-electron chi connectivity index (χ3n) is 1.65. The Bertz CT molecular complexity index is 96.6. The molecule has 0 saturated carbocycles. The van der Waals surface area contributed by atoms with Crippen molar-refractivity contribution in [1.82, 2.24) is 0 Å². The van der Waals surface area contributed by atoms with Crippen LogP contribution >= 0.6 is 22.6 Å². The van der Waals surface area contributed by atoms with Crippen LogP contribution in [0.3, 0.4) is 0 Å². The lowest BCUT2D eigenvalue weighted by molar-refractivity contribution is 0.549. The third-order valence-corrected chi connectivity index (χ3v) is 3.30. The molecule has 0 aliphatic heterocycles. The van der Waals surface area contributed by atoms with Gasteiger partial charge in [0.05, 0.1) is 0 Å². The first-order chi connectivity index (χ1) is 3.80. The van der Waals surface area contributed by atoms with E-state index >= 15 is 0 Å². The van der Waals surface area contributed by atoms with Gasteiger partial charge >= 0.3 is 0 Å². The smallest absolute Gasteiger partial charge is 0.0315 e. The summed E-state index contributed by atoms with van der Waals surface area (Å²) >= 11 is 2.50. The molecule has 0 radical (unpaired) electrons. The maximum Gasteiger partial charge on any atom is 0.0315 e. The van der Waals surface area contributed by atoms with Crippen molar-refractivity contribution in [2.75, 3.05) is 0 Å². The summed E-state index contributed by atoms with van der Waals surface area (Å²) in [5.41, 5.74) is 0. The molecule has 1 unspecified atom stereocenters. The molecule has 0 aromatic rings. The number of hydrogen-bond donors (Lipinski definition) is 0. The Morgan fingerprint density at radius 3 is 2.75 bits per heavy atom. The van der Waals surface area contributed by atoms with Crippen LogP contribution in [-0.2, 0) is 0 Å². The van der Waals surface area contributed by atoms with Crippen molar-refractivity contribution < 1.29 is 0 Å². The number of alkyl halides is 1. The molecule has 8 heavy (non-hydrogen) atoms. The van der Waals surface area contributed by atoms with E-state index in [-0.39, 0.29) is 0 Å². The van der Waals surface area contributed by atoms with Gasteiger partial charge in [-0.2, -0.15) is 0 Å². The fourth-order valence-electron chi connectivity index (χ4n) is 0.934. The lowest BCUT2D eigenvalue weighted by Gasteiger charge is -2.17. The van der Waals surface area contributed by atoms with Gasteiger partial charge in [-0.15, -0.1) is 0 Å². The Balaban J connectivity index is 2.47. The highest BCUT2D eigenvalue weighted by Crippen LogP contribution is 2.23. The average molecular weight is 222 g/mol. The zero-order valence-electron chi connectivity index (χ0n) is 5.10. The van der Waals surface area contributed by atoms with Crippen LogP contribution in [0.25, 0.3) is 0 Å². The van der Waals surface area contributed by atoms with Crippen LogP contribution in [0.1, 0.15) is 19.8 Å². The van der Waals surface area contributed by atoms with E-state index in [0.717, 1.165) is 9.84 Å². The highest BCUT2D eigenvalue weighted by Gasteiger charge is 2.12. The van der Waals surface area contributed by atoms with Gasteiger partial charge in [0.1, 0.15) is 0 Å². The maximum absolute atomic E-state index is 2.50. The van der Waals surface area contributed by atoms with Gasteiger partial charge in [0, 0.05) is 3.92 Å². The largest absolute Gasteiger partial charge is 0.0875 e. The normalized spacial score (nSPS) is 37.8. The van der Waals surface area contributed by atoms with E-state index in [9.17, 15) is 0 Å². The van der Waals surface area contributed by atoms with E-state index in [1.165, 1.54) is 12.8 Å². The molecule has 0 nitrogen and oxygen atoms in total. The Hall–Kier alpha value is 0.470. The molecule has 0 N–H and O–H groups in total. The molecule has 46 valence electrons. The molecule has 0 aromatic heterocycles. The average Bonchev–Trinajstić information content (AvgIpc) is 1.77. The van der Waals surface area contributed by atoms with Crippen LogP contribution in [0.15, 0.2) is 12.2 Å². The molecule has 1 rings (SSSR count). The van der Waals surface area contributed by atoms with Crippen LogP contribution in [0.5, 0.6) is 0 Å². The van der Waals surface area contributed by atoms with Crippen molar-refractivity contribution in [2.45, 2.75) is 23.7 Å². The minimum absolute atomic E-state index is 0.793. The highest BCUT2D eigenvalue weighted by atomic mass is 127. The first-order valence-electron chi connectivity index (χ1n) is 3.11. The zero-order chi connectivity index (χ0) is 5.98. The molecule has 0 spiro atoms. The number of hydrogen-bond acceptors (Lipinski definition) is 0. The van der Waals surface area contributed by atoms with Crippen LogP contribution < -0.4 is 0 Å². The minimum atomic E-state index is 0.793. The van der Waals surface area contributed by atoms with Gasteiger partial charge in [0.15, 0.2) is 0 Å². The van der Waals surface area contributed by atoms with Crippen molar-refractivity contribution in [2.24, 2.45) is 5.92 Å². The van der Waals surface area contributed by atoms with Crippen molar-refractivity contribution in [3.8, 4) is 0 Å². The SMILES string of the molecule is CC1CCC=C[C@@H]1I. The summed E-state index contributed by atoms with van der Waals surface area (Å²) in [4.78, 5) is 0. The van der Waals surface area contributed by atoms with Gasteiger partial charge in [-0.05, 0) is 18.8 Å². The second kappa shape index (κ2) is 2.85. The van der Waals surface area contributed by atoms with Gasteiger partial charge in [0.25, 0.3) is 0 Å². The van der Waals surface area contributed by atoms with E-state index in [1.54, 1.807) is 0 Å². The summed E-state index contributed by atoms with van der Waals surface area (Å²) in [6.45, 7) is 2.32. The van der Waals surface area contributed by atoms with Crippen LogP contribution in [0.2, 0.25) is 0 Å². The molecule has 0 heterocycles. The second-order valence-electron chi connectivity index (χ2n) is 2.43. The Labute approximate surface area is 64.5 Å². The third kappa shape index (κ3) is 1.47. The van der Waals surface area contributed by atoms with Crippen LogP contribution in [0, 0.1) is 5.92 Å². The molecule has 0 saturated heterocycles. The topological polar surface area (TPSA) is 0 Å². The van der Waals surface area contributed by atoms with E-state index in [2.05, 4.69) is 41.7 Å². The van der Waals surface area contributed by atoms with Gasteiger partial charge in [-0.25, -0.2) is 0 Å². The van der Waals surface area contributed by atoms with E-state index in [4.69, 9.17) is 0 Å². The summed E-state index contributed by atoms with van der Waals surface area (Å²) in [5.74, 6) is 0.903. The number of halogens is 1. The molecule has 0 aromatic carbocycles. The molecule has 0 bridgehead atoms. The predicted octanol–water partition coefficient (Wildman–Crippen LogP) is 2.78. The Morgan fingerprint density at radius 2 is 2.38 bits per heavy atom. The van der Waals surface area contributed by atoms with Gasteiger partial charge in [-0.3, -0.25) is 0 Å². The summed E-state index contributed by atoms with van der Waals surface area (Å²) in [7, 11) is 0. The summed E-state index contributed by atoms with van der Waals surface area (Å²) in [6, 6.07) is 0. The fourth-order valence-corrected chi connectivity index (χ4v) is 1.59. The number of rotatable bonds is 0. The van der Waals surface area contributed by atoms with Crippen molar-refractivity contribution in [1.29, 1.82) is 0 Å². The van der Waals surface area contributed by atoms with E-state index in [0.29, 0.717) is 0 Å². The highest BCUT2D eigenvalue weighted by molar-refractivity contribution is 14.1. The van der Waals surface area contributed by atoms with Crippen molar-refractivity contribution in [3.05, 3.63) is 12.2 Å². The molecule has 2 atom stereocenters. The Morgan fingerprint density at radius 1 is 1.62 bits per heavy atom. The molecule has 1 heteroatoms. The zero-order valence-corrected chi connectivity index (χ0v) is 7.26. The van der Waals surface area contributed by atoms with Crippen LogP contribution in [-0.4, -0.2) is 3.92 Å². The summed E-state index contributed by atoms with van der Waals surface area (Å²) in [5, 5.41) is 0. The molecular weight excluding hydrogens is 211 g/mol. The van der Waals surface area contributed by atoms with E-state index < -0.39 is 0 Å². The van der Waals surface area contributed by atoms with E-state index in [1.807, 2.05) is 0 Å². The number of allylic oxidation sites excluding steroid dienone is 2. The minimum Gasteiger partial charge on any atom is -0.0875 e. The first-order valence-corrected chi connectivity index (χ1v) is 4.36. The second-order valence-corrected chi connectivity index (χ2v) is 3.87. The van der Waals surface area contributed by atoms with Gasteiger partial charge in [0.2, 0.25) is 0 Å². The lowest BCUT2D eigenvalue weighted by Crippen LogP contribution is -2.10. The standard InChI is InChI=1S/C7H11I/c1-6-4-2-3-5-7(6)8/h3,5-7H,2,4H2,1H3/t6?,7-/m0/s1. The monoisotopic (exact) mass is 222 g/mol. The fraction of sp³-hybridized carbons (Fsp3) is 0.714.